The monoisotopic (exact) mass is 309 g/mol. The molecule has 0 aliphatic carbocycles. The second-order valence-corrected chi connectivity index (χ2v) is 5.40. The molecule has 2 aromatic rings. The Morgan fingerprint density at radius 1 is 1.38 bits per heavy atom. The lowest BCUT2D eigenvalue weighted by atomic mass is 10.2. The van der Waals surface area contributed by atoms with Gasteiger partial charge in [-0.1, -0.05) is 11.8 Å². The van der Waals surface area contributed by atoms with E-state index in [1.165, 1.54) is 18.5 Å². The minimum atomic E-state index is -3.63. The van der Waals surface area contributed by atoms with Gasteiger partial charge in [-0.25, -0.2) is 15.0 Å². The Bertz CT molecular complexity index is 752. The van der Waals surface area contributed by atoms with Crippen molar-refractivity contribution in [1.29, 1.82) is 0 Å². The predicted molar refractivity (Wildman–Crippen MR) is 72.1 cm³/mol. The molecule has 108 valence electrons. The van der Waals surface area contributed by atoms with Gasteiger partial charge in [0.05, 0.1) is 11.3 Å². The number of fused-ring (bicyclic) bond motifs is 1. The Balaban J connectivity index is 2.06. The highest BCUT2D eigenvalue weighted by atomic mass is 32.2. The number of nitrogen functional groups attached to an aromatic ring is 1. The first kappa shape index (κ1) is 13.7. The molecular formula is C12H9F2N5OS. The van der Waals surface area contributed by atoms with E-state index >= 15 is 0 Å². The maximum atomic E-state index is 13.9. The fraction of sp³-hybridized carbons (Fsp3) is 0.167. The fourth-order valence-corrected chi connectivity index (χ4v) is 2.81. The summed E-state index contributed by atoms with van der Waals surface area (Å²) in [6, 6.07) is 1.39. The van der Waals surface area contributed by atoms with Crippen LogP contribution in [0.3, 0.4) is 0 Å². The third-order valence-electron chi connectivity index (χ3n) is 2.84. The van der Waals surface area contributed by atoms with Crippen molar-refractivity contribution >= 4 is 29.3 Å². The molecule has 21 heavy (non-hydrogen) atoms. The summed E-state index contributed by atoms with van der Waals surface area (Å²) in [6.07, 6.45) is 2.82. The van der Waals surface area contributed by atoms with Crippen LogP contribution >= 0.6 is 11.8 Å². The number of carbonyl (C=O) groups excluding carboxylic acids is 1. The molecule has 0 aromatic carbocycles. The van der Waals surface area contributed by atoms with Crippen LogP contribution in [0.2, 0.25) is 0 Å². The number of nitrogens with zero attached hydrogens (tertiary/aromatic N) is 3. The summed E-state index contributed by atoms with van der Waals surface area (Å²) in [5.74, 6) is -5.01. The van der Waals surface area contributed by atoms with E-state index in [4.69, 9.17) is 5.73 Å². The number of aromatic nitrogens is 3. The Hall–Kier alpha value is -2.29. The van der Waals surface area contributed by atoms with Crippen LogP contribution in [0.5, 0.6) is 0 Å². The minimum Gasteiger partial charge on any atom is -0.381 e. The SMILES string of the molecule is Cc1cnc(Sc2ccnc3c2C(F)(F)C(=O)N3)c(N)n1. The van der Waals surface area contributed by atoms with Gasteiger partial charge in [0.15, 0.2) is 5.82 Å². The molecular weight excluding hydrogens is 300 g/mol. The van der Waals surface area contributed by atoms with Crippen molar-refractivity contribution in [2.24, 2.45) is 0 Å². The van der Waals surface area contributed by atoms with E-state index < -0.39 is 17.4 Å². The first-order chi connectivity index (χ1) is 9.89. The van der Waals surface area contributed by atoms with Crippen molar-refractivity contribution < 1.29 is 13.6 Å². The van der Waals surface area contributed by atoms with E-state index in [9.17, 15) is 13.6 Å². The van der Waals surface area contributed by atoms with Gasteiger partial charge >= 0.3 is 11.8 Å². The average Bonchev–Trinajstić information content (AvgIpc) is 2.64. The van der Waals surface area contributed by atoms with E-state index in [2.05, 4.69) is 20.3 Å². The zero-order valence-electron chi connectivity index (χ0n) is 10.7. The van der Waals surface area contributed by atoms with Gasteiger partial charge in [-0.05, 0) is 13.0 Å². The summed E-state index contributed by atoms with van der Waals surface area (Å²) in [5, 5.41) is 2.35. The lowest BCUT2D eigenvalue weighted by molar-refractivity contribution is -0.139. The molecule has 3 heterocycles. The maximum Gasteiger partial charge on any atom is 0.354 e. The Morgan fingerprint density at radius 2 is 2.14 bits per heavy atom. The van der Waals surface area contributed by atoms with Crippen molar-refractivity contribution in [3.63, 3.8) is 0 Å². The van der Waals surface area contributed by atoms with E-state index in [1.54, 1.807) is 6.92 Å². The molecule has 0 atom stereocenters. The van der Waals surface area contributed by atoms with E-state index in [0.29, 0.717) is 10.7 Å². The zero-order chi connectivity index (χ0) is 15.2. The van der Waals surface area contributed by atoms with Crippen molar-refractivity contribution in [2.75, 3.05) is 11.1 Å². The number of pyridine rings is 1. The van der Waals surface area contributed by atoms with E-state index in [0.717, 1.165) is 11.8 Å². The number of rotatable bonds is 2. The van der Waals surface area contributed by atoms with E-state index in [-0.39, 0.29) is 16.5 Å². The van der Waals surface area contributed by atoms with Gasteiger partial charge in [0.2, 0.25) is 0 Å². The van der Waals surface area contributed by atoms with Crippen LogP contribution in [0.4, 0.5) is 20.4 Å². The summed E-state index contributed by atoms with van der Waals surface area (Å²) in [7, 11) is 0. The summed E-state index contributed by atoms with van der Waals surface area (Å²) in [4.78, 5) is 23.3. The molecule has 6 nitrogen and oxygen atoms in total. The second kappa shape index (κ2) is 4.62. The number of hydrogen-bond donors (Lipinski definition) is 2. The summed E-state index contributed by atoms with van der Waals surface area (Å²) in [6.45, 7) is 1.72. The first-order valence-electron chi connectivity index (χ1n) is 5.85. The third-order valence-corrected chi connectivity index (χ3v) is 3.90. The quantitative estimate of drug-likeness (QED) is 0.880. The predicted octanol–water partition coefficient (Wildman–Crippen LogP) is 1.96. The lowest BCUT2D eigenvalue weighted by Gasteiger charge is -2.11. The van der Waals surface area contributed by atoms with Crippen LogP contribution in [0.1, 0.15) is 11.3 Å². The molecule has 1 aliphatic rings. The van der Waals surface area contributed by atoms with Crippen molar-refractivity contribution in [3.8, 4) is 0 Å². The molecule has 0 spiro atoms. The Labute approximate surface area is 122 Å². The molecule has 0 saturated heterocycles. The van der Waals surface area contributed by atoms with Gasteiger partial charge < -0.3 is 11.1 Å². The molecule has 3 N–H and O–H groups in total. The molecule has 1 amide bonds. The van der Waals surface area contributed by atoms with Gasteiger partial charge in [0, 0.05) is 17.3 Å². The zero-order valence-corrected chi connectivity index (χ0v) is 11.5. The van der Waals surface area contributed by atoms with Crippen molar-refractivity contribution in [1.82, 2.24) is 15.0 Å². The number of alkyl halides is 2. The molecule has 2 aromatic heterocycles. The summed E-state index contributed by atoms with van der Waals surface area (Å²) >= 11 is 0.922. The highest BCUT2D eigenvalue weighted by molar-refractivity contribution is 7.99. The smallest absolute Gasteiger partial charge is 0.354 e. The largest absolute Gasteiger partial charge is 0.381 e. The molecule has 1 aliphatic heterocycles. The number of amides is 1. The van der Waals surface area contributed by atoms with Crippen LogP contribution in [0, 0.1) is 6.92 Å². The number of halogens is 2. The standard InChI is InChI=1S/C12H9F2N5OS/c1-5-4-17-10(8(15)18-5)21-6-2-3-16-9-7(6)12(13,14)11(20)19-9/h2-4H,1H3,(H2,15,18)(H,16,19,20). The molecule has 0 radical (unpaired) electrons. The molecule has 0 saturated carbocycles. The topological polar surface area (TPSA) is 93.8 Å². The minimum absolute atomic E-state index is 0.145. The van der Waals surface area contributed by atoms with Gasteiger partial charge in [-0.15, -0.1) is 0 Å². The highest BCUT2D eigenvalue weighted by Gasteiger charge is 2.51. The molecule has 3 rings (SSSR count). The Morgan fingerprint density at radius 3 is 2.86 bits per heavy atom. The van der Waals surface area contributed by atoms with E-state index in [1.807, 2.05) is 0 Å². The normalized spacial score (nSPS) is 15.7. The number of nitrogens with one attached hydrogen (secondary N) is 1. The van der Waals surface area contributed by atoms with Crippen molar-refractivity contribution in [2.45, 2.75) is 22.8 Å². The van der Waals surface area contributed by atoms with Crippen LogP contribution < -0.4 is 11.1 Å². The number of carbonyl (C=O) groups is 1. The lowest BCUT2D eigenvalue weighted by Crippen LogP contribution is -2.24. The molecule has 9 heteroatoms. The van der Waals surface area contributed by atoms with Crippen LogP contribution in [-0.4, -0.2) is 20.9 Å². The van der Waals surface area contributed by atoms with Crippen molar-refractivity contribution in [3.05, 3.63) is 29.7 Å². The van der Waals surface area contributed by atoms with Crippen LogP contribution in [0.15, 0.2) is 28.4 Å². The second-order valence-electron chi connectivity index (χ2n) is 4.37. The van der Waals surface area contributed by atoms with Gasteiger partial charge in [-0.2, -0.15) is 8.78 Å². The summed E-state index contributed by atoms with van der Waals surface area (Å²) < 4.78 is 27.9. The number of aryl methyl sites for hydroxylation is 1. The Kier molecular flexibility index (Phi) is 3.01. The van der Waals surface area contributed by atoms with Gasteiger partial charge in [-0.3, -0.25) is 4.79 Å². The number of hydrogen-bond acceptors (Lipinski definition) is 6. The molecule has 0 unspecified atom stereocenters. The average molecular weight is 309 g/mol. The maximum absolute atomic E-state index is 13.9. The first-order valence-corrected chi connectivity index (χ1v) is 6.67. The number of nitrogens with two attached hydrogens (primary N) is 1. The van der Waals surface area contributed by atoms with Gasteiger partial charge in [0.1, 0.15) is 10.8 Å². The summed E-state index contributed by atoms with van der Waals surface area (Å²) in [5.41, 5.74) is 5.90. The number of anilines is 2. The van der Waals surface area contributed by atoms with Gasteiger partial charge in [0.25, 0.3) is 0 Å². The van der Waals surface area contributed by atoms with Crippen LogP contribution in [0.25, 0.3) is 0 Å². The molecule has 0 bridgehead atoms. The van der Waals surface area contributed by atoms with Crippen LogP contribution in [-0.2, 0) is 10.7 Å². The third kappa shape index (κ3) is 2.19. The highest BCUT2D eigenvalue weighted by Crippen LogP contribution is 2.46. The molecule has 0 fully saturated rings. The fourth-order valence-electron chi connectivity index (χ4n) is 1.89.